The summed E-state index contributed by atoms with van der Waals surface area (Å²) in [5, 5.41) is 2.86. The number of nitrogens with one attached hydrogen (secondary N) is 1. The summed E-state index contributed by atoms with van der Waals surface area (Å²) in [5.74, 6) is -0.165. The number of anilines is 1. The predicted molar refractivity (Wildman–Crippen MR) is 108 cm³/mol. The van der Waals surface area contributed by atoms with Crippen molar-refractivity contribution in [3.8, 4) is 0 Å². The summed E-state index contributed by atoms with van der Waals surface area (Å²) in [5.41, 5.74) is 3.53. The number of hydrogen-bond donors (Lipinski definition) is 1. The van der Waals surface area contributed by atoms with Gasteiger partial charge < -0.3 is 15.1 Å². The third-order valence-electron chi connectivity index (χ3n) is 4.73. The van der Waals surface area contributed by atoms with Crippen LogP contribution in [0.25, 0.3) is 0 Å². The van der Waals surface area contributed by atoms with Gasteiger partial charge in [0.2, 0.25) is 0 Å². The molecule has 5 heteroatoms. The first kappa shape index (κ1) is 19.0. The van der Waals surface area contributed by atoms with E-state index in [-0.39, 0.29) is 17.9 Å². The summed E-state index contributed by atoms with van der Waals surface area (Å²) in [7, 11) is 0. The van der Waals surface area contributed by atoms with Gasteiger partial charge in [-0.1, -0.05) is 18.2 Å². The normalized spacial score (nSPS) is 14.4. The molecule has 0 aliphatic carbocycles. The van der Waals surface area contributed by atoms with Crippen molar-refractivity contribution in [2.24, 2.45) is 0 Å². The fraction of sp³-hybridized carbons (Fsp3) is 0.364. The minimum absolute atomic E-state index is 0.0157. The van der Waals surface area contributed by atoms with Crippen molar-refractivity contribution >= 4 is 17.5 Å². The molecule has 2 aromatic rings. The fourth-order valence-electron chi connectivity index (χ4n) is 3.31. The van der Waals surface area contributed by atoms with E-state index in [2.05, 4.69) is 41.4 Å². The highest BCUT2D eigenvalue weighted by Gasteiger charge is 2.23. The average Bonchev–Trinajstić information content (AvgIpc) is 2.67. The first-order valence-corrected chi connectivity index (χ1v) is 9.46. The number of carbonyl (C=O) groups is 2. The Hall–Kier alpha value is -2.82. The topological polar surface area (TPSA) is 52.7 Å². The molecule has 5 nitrogen and oxygen atoms in total. The molecule has 0 atom stereocenters. The zero-order chi connectivity index (χ0) is 19.4. The Morgan fingerprint density at radius 1 is 0.926 bits per heavy atom. The van der Waals surface area contributed by atoms with Crippen molar-refractivity contribution in [1.82, 2.24) is 10.2 Å². The van der Waals surface area contributed by atoms with Crippen molar-refractivity contribution in [3.63, 3.8) is 0 Å². The third-order valence-corrected chi connectivity index (χ3v) is 4.73. The van der Waals surface area contributed by atoms with Gasteiger partial charge in [-0.25, -0.2) is 0 Å². The number of rotatable bonds is 4. The van der Waals surface area contributed by atoms with Gasteiger partial charge in [-0.3, -0.25) is 9.59 Å². The highest BCUT2D eigenvalue weighted by Crippen LogP contribution is 2.19. The molecule has 0 radical (unpaired) electrons. The van der Waals surface area contributed by atoms with Crippen LogP contribution in [0.15, 0.2) is 48.5 Å². The van der Waals surface area contributed by atoms with E-state index in [0.717, 1.165) is 13.1 Å². The van der Waals surface area contributed by atoms with Gasteiger partial charge in [-0.15, -0.1) is 0 Å². The van der Waals surface area contributed by atoms with Crippen LogP contribution in [-0.2, 0) is 0 Å². The summed E-state index contributed by atoms with van der Waals surface area (Å²) >= 11 is 0. The first-order chi connectivity index (χ1) is 12.9. The molecule has 1 aliphatic rings. The van der Waals surface area contributed by atoms with Crippen LogP contribution in [0.5, 0.6) is 0 Å². The number of benzene rings is 2. The van der Waals surface area contributed by atoms with E-state index in [0.29, 0.717) is 24.2 Å². The number of piperazine rings is 1. The monoisotopic (exact) mass is 365 g/mol. The highest BCUT2D eigenvalue weighted by atomic mass is 16.2. The summed E-state index contributed by atoms with van der Waals surface area (Å²) in [6.45, 7) is 8.89. The summed E-state index contributed by atoms with van der Waals surface area (Å²) in [6, 6.07) is 15.5. The van der Waals surface area contributed by atoms with E-state index in [1.807, 2.05) is 18.7 Å². The highest BCUT2D eigenvalue weighted by molar-refractivity contribution is 5.99. The average molecular weight is 365 g/mol. The van der Waals surface area contributed by atoms with E-state index in [1.54, 1.807) is 24.3 Å². The molecule has 2 amide bonds. The van der Waals surface area contributed by atoms with Gasteiger partial charge in [-0.05, 0) is 56.7 Å². The van der Waals surface area contributed by atoms with Crippen molar-refractivity contribution in [1.29, 1.82) is 0 Å². The molecule has 2 aromatic carbocycles. The number of hydrogen-bond acceptors (Lipinski definition) is 3. The Balaban J connectivity index is 1.65. The van der Waals surface area contributed by atoms with Gasteiger partial charge in [0.25, 0.3) is 11.8 Å². The SMILES string of the molecule is Cc1cccc(N2CCN(C(=O)c3cccc(C(=O)NC(C)C)c3)CC2)c1. The second-order valence-corrected chi connectivity index (χ2v) is 7.33. The molecular weight excluding hydrogens is 338 g/mol. The molecule has 3 rings (SSSR count). The second kappa shape index (κ2) is 8.25. The van der Waals surface area contributed by atoms with Crippen LogP contribution in [-0.4, -0.2) is 48.9 Å². The van der Waals surface area contributed by atoms with Gasteiger partial charge in [-0.2, -0.15) is 0 Å². The molecule has 0 bridgehead atoms. The molecule has 0 saturated carbocycles. The minimum atomic E-state index is -0.149. The number of amides is 2. The standard InChI is InChI=1S/C22H27N3O2/c1-16(2)23-21(26)18-7-5-8-19(15-18)22(27)25-12-10-24(11-13-25)20-9-4-6-17(3)14-20/h4-9,14-16H,10-13H2,1-3H3,(H,23,26). The van der Waals surface area contributed by atoms with Gasteiger partial charge in [0.15, 0.2) is 0 Å². The summed E-state index contributed by atoms with van der Waals surface area (Å²) in [6.07, 6.45) is 0. The summed E-state index contributed by atoms with van der Waals surface area (Å²) < 4.78 is 0. The van der Waals surface area contributed by atoms with Crippen LogP contribution >= 0.6 is 0 Å². The Morgan fingerprint density at radius 2 is 1.59 bits per heavy atom. The molecule has 27 heavy (non-hydrogen) atoms. The third kappa shape index (κ3) is 4.67. The molecule has 142 valence electrons. The molecule has 1 aliphatic heterocycles. The maximum Gasteiger partial charge on any atom is 0.253 e. The fourth-order valence-corrected chi connectivity index (χ4v) is 3.31. The van der Waals surface area contributed by atoms with Crippen molar-refractivity contribution in [3.05, 3.63) is 65.2 Å². The van der Waals surface area contributed by atoms with Crippen LogP contribution in [0, 0.1) is 6.92 Å². The quantitative estimate of drug-likeness (QED) is 0.906. The van der Waals surface area contributed by atoms with Crippen molar-refractivity contribution in [2.45, 2.75) is 26.8 Å². The lowest BCUT2D eigenvalue weighted by Crippen LogP contribution is -2.48. The van der Waals surface area contributed by atoms with Crippen molar-refractivity contribution < 1.29 is 9.59 Å². The number of aryl methyl sites for hydroxylation is 1. The molecule has 0 aromatic heterocycles. The van der Waals surface area contributed by atoms with Gasteiger partial charge in [0.1, 0.15) is 0 Å². The van der Waals surface area contributed by atoms with E-state index in [1.165, 1.54) is 11.3 Å². The maximum absolute atomic E-state index is 12.9. The molecular formula is C22H27N3O2. The van der Waals surface area contributed by atoms with E-state index in [9.17, 15) is 9.59 Å². The van der Waals surface area contributed by atoms with E-state index >= 15 is 0 Å². The predicted octanol–water partition coefficient (Wildman–Crippen LogP) is 3.10. The molecule has 0 spiro atoms. The number of carbonyl (C=O) groups excluding carboxylic acids is 2. The largest absolute Gasteiger partial charge is 0.368 e. The lowest BCUT2D eigenvalue weighted by atomic mass is 10.1. The van der Waals surface area contributed by atoms with Crippen LogP contribution < -0.4 is 10.2 Å². The minimum Gasteiger partial charge on any atom is -0.368 e. The van der Waals surface area contributed by atoms with E-state index < -0.39 is 0 Å². The number of nitrogens with zero attached hydrogens (tertiary/aromatic N) is 2. The van der Waals surface area contributed by atoms with Gasteiger partial charge in [0, 0.05) is 49.0 Å². The second-order valence-electron chi connectivity index (χ2n) is 7.33. The lowest BCUT2D eigenvalue weighted by molar-refractivity contribution is 0.0747. The van der Waals surface area contributed by atoms with Crippen molar-refractivity contribution in [2.75, 3.05) is 31.1 Å². The Bertz CT molecular complexity index is 824. The molecule has 0 unspecified atom stereocenters. The Labute approximate surface area is 161 Å². The zero-order valence-corrected chi connectivity index (χ0v) is 16.2. The van der Waals surface area contributed by atoms with Crippen LogP contribution in [0.1, 0.15) is 40.1 Å². The molecule has 1 N–H and O–H groups in total. The zero-order valence-electron chi connectivity index (χ0n) is 16.2. The maximum atomic E-state index is 12.9. The first-order valence-electron chi connectivity index (χ1n) is 9.46. The van der Waals surface area contributed by atoms with Crippen LogP contribution in [0.2, 0.25) is 0 Å². The van der Waals surface area contributed by atoms with Crippen LogP contribution in [0.3, 0.4) is 0 Å². The lowest BCUT2D eigenvalue weighted by Gasteiger charge is -2.36. The summed E-state index contributed by atoms with van der Waals surface area (Å²) in [4.78, 5) is 29.2. The smallest absolute Gasteiger partial charge is 0.253 e. The van der Waals surface area contributed by atoms with Gasteiger partial charge in [0.05, 0.1) is 0 Å². The Kier molecular flexibility index (Phi) is 5.79. The van der Waals surface area contributed by atoms with E-state index in [4.69, 9.17) is 0 Å². The molecule has 1 saturated heterocycles. The molecule has 1 fully saturated rings. The molecule has 1 heterocycles. The van der Waals surface area contributed by atoms with Gasteiger partial charge >= 0.3 is 0 Å². The van der Waals surface area contributed by atoms with Crippen LogP contribution in [0.4, 0.5) is 5.69 Å². The Morgan fingerprint density at radius 3 is 2.26 bits per heavy atom.